The molecule has 3 nitrogen and oxygen atoms in total. The van der Waals surface area contributed by atoms with Crippen molar-refractivity contribution in [1.82, 2.24) is 15.1 Å². The number of aromatic nitrogens is 2. The topological polar surface area (TPSA) is 29.9 Å². The van der Waals surface area contributed by atoms with E-state index >= 15 is 0 Å². The van der Waals surface area contributed by atoms with Crippen LogP contribution in [0.4, 0.5) is 0 Å². The molecule has 0 saturated heterocycles. The van der Waals surface area contributed by atoms with Gasteiger partial charge >= 0.3 is 0 Å². The number of aryl methyl sites for hydroxylation is 1. The zero-order valence-corrected chi connectivity index (χ0v) is 10.3. The van der Waals surface area contributed by atoms with Crippen molar-refractivity contribution < 1.29 is 0 Å². The molecule has 1 aromatic heterocycles. The van der Waals surface area contributed by atoms with Crippen molar-refractivity contribution in [3.63, 3.8) is 0 Å². The number of nitrogens with zero attached hydrogens (tertiary/aromatic N) is 2. The molecule has 0 aliphatic heterocycles. The van der Waals surface area contributed by atoms with Crippen LogP contribution in [0.2, 0.25) is 0 Å². The van der Waals surface area contributed by atoms with E-state index in [4.69, 9.17) is 0 Å². The van der Waals surface area contributed by atoms with Crippen LogP contribution in [0.15, 0.2) is 12.4 Å². The maximum Gasteiger partial charge on any atom is 0.0521 e. The molecule has 1 unspecified atom stereocenters. The first kappa shape index (κ1) is 12.2. The molecule has 1 atom stereocenters. The maximum atomic E-state index is 4.18. The molecule has 1 heterocycles. The molecule has 0 saturated carbocycles. The third-order valence-electron chi connectivity index (χ3n) is 2.53. The Labute approximate surface area is 92.9 Å². The van der Waals surface area contributed by atoms with E-state index in [0.29, 0.717) is 6.04 Å². The van der Waals surface area contributed by atoms with Gasteiger partial charge in [-0.05, 0) is 30.9 Å². The van der Waals surface area contributed by atoms with Crippen LogP contribution >= 0.6 is 0 Å². The average molecular weight is 209 g/mol. The van der Waals surface area contributed by atoms with Crippen molar-refractivity contribution in [2.75, 3.05) is 6.54 Å². The van der Waals surface area contributed by atoms with Crippen molar-refractivity contribution in [3.05, 3.63) is 18.0 Å². The molecule has 0 radical (unpaired) electrons. The minimum atomic E-state index is 0.593. The fraction of sp³-hybridized carbons (Fsp3) is 0.750. The fourth-order valence-electron chi connectivity index (χ4n) is 1.70. The van der Waals surface area contributed by atoms with Gasteiger partial charge in [-0.2, -0.15) is 5.10 Å². The lowest BCUT2D eigenvalue weighted by molar-refractivity contribution is 0.476. The second-order valence-electron chi connectivity index (χ2n) is 4.73. The molecule has 0 amide bonds. The summed E-state index contributed by atoms with van der Waals surface area (Å²) in [6.45, 7) is 7.78. The van der Waals surface area contributed by atoms with Crippen molar-refractivity contribution in [1.29, 1.82) is 0 Å². The van der Waals surface area contributed by atoms with E-state index in [0.717, 1.165) is 18.9 Å². The van der Waals surface area contributed by atoms with E-state index in [9.17, 15) is 0 Å². The Morgan fingerprint density at radius 1 is 1.40 bits per heavy atom. The smallest absolute Gasteiger partial charge is 0.0521 e. The second kappa shape index (κ2) is 5.91. The van der Waals surface area contributed by atoms with Crippen LogP contribution in [-0.2, 0) is 13.5 Å². The van der Waals surface area contributed by atoms with E-state index in [1.54, 1.807) is 0 Å². The zero-order valence-electron chi connectivity index (χ0n) is 10.3. The van der Waals surface area contributed by atoms with E-state index in [2.05, 4.69) is 37.4 Å². The highest BCUT2D eigenvalue weighted by molar-refractivity contribution is 5.04. The lowest BCUT2D eigenvalue weighted by atomic mass is 10.0. The molecule has 0 aliphatic rings. The van der Waals surface area contributed by atoms with Crippen LogP contribution in [-0.4, -0.2) is 22.4 Å². The molecule has 86 valence electrons. The van der Waals surface area contributed by atoms with E-state index in [1.165, 1.54) is 12.0 Å². The summed E-state index contributed by atoms with van der Waals surface area (Å²) in [7, 11) is 1.97. The molecule has 15 heavy (non-hydrogen) atoms. The van der Waals surface area contributed by atoms with Crippen molar-refractivity contribution >= 4 is 0 Å². The van der Waals surface area contributed by atoms with Crippen molar-refractivity contribution in [2.45, 2.75) is 39.7 Å². The molecular formula is C12H23N3. The highest BCUT2D eigenvalue weighted by atomic mass is 15.2. The predicted octanol–water partition coefficient (Wildman–Crippen LogP) is 1.99. The highest BCUT2D eigenvalue weighted by Crippen LogP contribution is 2.10. The molecule has 0 fully saturated rings. The molecule has 0 bridgehead atoms. The largest absolute Gasteiger partial charge is 0.315 e. The zero-order chi connectivity index (χ0) is 11.3. The van der Waals surface area contributed by atoms with Gasteiger partial charge in [0.05, 0.1) is 6.20 Å². The van der Waals surface area contributed by atoms with E-state index in [-0.39, 0.29) is 0 Å². The minimum absolute atomic E-state index is 0.593. The van der Waals surface area contributed by atoms with Gasteiger partial charge in [-0.15, -0.1) is 0 Å². The van der Waals surface area contributed by atoms with Gasteiger partial charge in [0, 0.05) is 19.3 Å². The van der Waals surface area contributed by atoms with Crippen LogP contribution in [0.1, 0.15) is 32.8 Å². The van der Waals surface area contributed by atoms with Gasteiger partial charge < -0.3 is 5.32 Å². The van der Waals surface area contributed by atoms with Crippen molar-refractivity contribution in [3.8, 4) is 0 Å². The number of hydrogen-bond acceptors (Lipinski definition) is 2. The molecule has 1 N–H and O–H groups in total. The van der Waals surface area contributed by atoms with Gasteiger partial charge in [0.2, 0.25) is 0 Å². The fourth-order valence-corrected chi connectivity index (χ4v) is 1.70. The number of nitrogens with one attached hydrogen (secondary N) is 1. The van der Waals surface area contributed by atoms with Gasteiger partial charge in [-0.1, -0.05) is 20.8 Å². The summed E-state index contributed by atoms with van der Waals surface area (Å²) in [4.78, 5) is 0. The van der Waals surface area contributed by atoms with Gasteiger partial charge in [0.25, 0.3) is 0 Å². The van der Waals surface area contributed by atoms with Gasteiger partial charge in [-0.25, -0.2) is 0 Å². The second-order valence-corrected chi connectivity index (χ2v) is 4.73. The Bertz CT molecular complexity index is 278. The molecule has 1 rings (SSSR count). The summed E-state index contributed by atoms with van der Waals surface area (Å²) in [5, 5.41) is 7.63. The van der Waals surface area contributed by atoms with E-state index < -0.39 is 0 Å². The molecule has 0 aromatic carbocycles. The Morgan fingerprint density at radius 2 is 2.13 bits per heavy atom. The quantitative estimate of drug-likeness (QED) is 0.776. The lowest BCUT2D eigenvalue weighted by Crippen LogP contribution is -2.25. The normalized spacial score (nSPS) is 13.4. The van der Waals surface area contributed by atoms with Crippen LogP contribution in [0, 0.1) is 5.92 Å². The van der Waals surface area contributed by atoms with E-state index in [1.807, 2.05) is 17.9 Å². The van der Waals surface area contributed by atoms with Crippen LogP contribution in [0.3, 0.4) is 0 Å². The summed E-state index contributed by atoms with van der Waals surface area (Å²) in [6, 6.07) is 0.593. The van der Waals surface area contributed by atoms with Gasteiger partial charge in [0.1, 0.15) is 0 Å². The lowest BCUT2D eigenvalue weighted by Gasteiger charge is -2.12. The minimum Gasteiger partial charge on any atom is -0.315 e. The maximum absolute atomic E-state index is 4.18. The summed E-state index contributed by atoms with van der Waals surface area (Å²) in [5.41, 5.74) is 1.34. The first-order chi connectivity index (χ1) is 7.08. The van der Waals surface area contributed by atoms with Crippen LogP contribution < -0.4 is 5.32 Å². The highest BCUT2D eigenvalue weighted by Gasteiger charge is 2.05. The third-order valence-corrected chi connectivity index (χ3v) is 2.53. The number of hydrogen-bond donors (Lipinski definition) is 1. The van der Waals surface area contributed by atoms with Gasteiger partial charge in [0.15, 0.2) is 0 Å². The monoisotopic (exact) mass is 209 g/mol. The molecule has 3 heteroatoms. The Hall–Kier alpha value is -0.830. The average Bonchev–Trinajstić information content (AvgIpc) is 2.50. The van der Waals surface area contributed by atoms with Crippen LogP contribution in [0.5, 0.6) is 0 Å². The third kappa shape index (κ3) is 4.98. The first-order valence-corrected chi connectivity index (χ1v) is 5.79. The summed E-state index contributed by atoms with van der Waals surface area (Å²) >= 11 is 0. The molecular weight excluding hydrogens is 186 g/mol. The SMILES string of the molecule is CC(CCNC(C)C)Cc1cnn(C)c1. The summed E-state index contributed by atoms with van der Waals surface area (Å²) in [6.07, 6.45) is 6.43. The molecule has 0 spiro atoms. The first-order valence-electron chi connectivity index (χ1n) is 5.79. The molecule has 1 aromatic rings. The van der Waals surface area contributed by atoms with Crippen LogP contribution in [0.25, 0.3) is 0 Å². The standard InChI is InChI=1S/C12H23N3/c1-10(2)13-6-5-11(3)7-12-8-14-15(4)9-12/h8-11,13H,5-7H2,1-4H3. The Morgan fingerprint density at radius 3 is 2.67 bits per heavy atom. The summed E-state index contributed by atoms with van der Waals surface area (Å²) < 4.78 is 1.87. The Balaban J connectivity index is 2.21. The Kier molecular flexibility index (Phi) is 4.82. The summed E-state index contributed by atoms with van der Waals surface area (Å²) in [5.74, 6) is 0.723. The molecule has 0 aliphatic carbocycles. The number of rotatable bonds is 6. The van der Waals surface area contributed by atoms with Gasteiger partial charge in [-0.3, -0.25) is 4.68 Å². The van der Waals surface area contributed by atoms with Crippen molar-refractivity contribution in [2.24, 2.45) is 13.0 Å². The predicted molar refractivity (Wildman–Crippen MR) is 63.8 cm³/mol.